The van der Waals surface area contributed by atoms with Gasteiger partial charge in [0.25, 0.3) is 0 Å². The van der Waals surface area contributed by atoms with Crippen molar-refractivity contribution in [3.63, 3.8) is 0 Å². The number of benzene rings is 1. The Labute approximate surface area is 84.0 Å². The molecular formula is C9H8NOPS. The molecule has 0 fully saturated rings. The van der Waals surface area contributed by atoms with Crippen molar-refractivity contribution >= 4 is 19.2 Å². The van der Waals surface area contributed by atoms with Crippen LogP contribution in [0.5, 0.6) is 5.75 Å². The smallest absolute Gasteiger partial charge is 0.147 e. The average Bonchev–Trinajstić information content (AvgIpc) is 2.19. The van der Waals surface area contributed by atoms with E-state index in [-0.39, 0.29) is 5.85 Å². The van der Waals surface area contributed by atoms with E-state index in [1.807, 2.05) is 13.0 Å². The number of nitrogens with zero attached hydrogens (tertiary/aromatic N) is 1. The minimum absolute atomic E-state index is 0.0166. The van der Waals surface area contributed by atoms with Gasteiger partial charge in [0.2, 0.25) is 0 Å². The van der Waals surface area contributed by atoms with E-state index in [4.69, 9.17) is 21.8 Å². The molecule has 2 nitrogen and oxygen atoms in total. The second-order valence-electron chi connectivity index (χ2n) is 2.46. The first-order chi connectivity index (χ1) is 6.26. The zero-order chi connectivity index (χ0) is 9.68. The first kappa shape index (κ1) is 10.1. The van der Waals surface area contributed by atoms with Gasteiger partial charge in [-0.1, -0.05) is 11.8 Å². The van der Waals surface area contributed by atoms with Gasteiger partial charge in [0.1, 0.15) is 11.6 Å². The molecule has 0 aliphatic carbocycles. The van der Waals surface area contributed by atoms with Gasteiger partial charge in [0, 0.05) is 7.36 Å². The lowest BCUT2D eigenvalue weighted by Gasteiger charge is -2.08. The second kappa shape index (κ2) is 4.91. The van der Waals surface area contributed by atoms with Crippen molar-refractivity contribution < 1.29 is 4.74 Å². The summed E-state index contributed by atoms with van der Waals surface area (Å²) in [5, 5.41) is 8.55. The molecule has 0 aliphatic rings. The summed E-state index contributed by atoms with van der Waals surface area (Å²) in [5.41, 5.74) is 0.635. The Bertz CT molecular complexity index is 330. The maximum absolute atomic E-state index is 8.55. The van der Waals surface area contributed by atoms with Crippen molar-refractivity contribution in [2.75, 3.05) is 0 Å². The summed E-state index contributed by atoms with van der Waals surface area (Å²) in [6.45, 7) is 1.91. The number of ether oxygens (including phenoxy) is 1. The zero-order valence-corrected chi connectivity index (χ0v) is 8.81. The van der Waals surface area contributed by atoms with E-state index < -0.39 is 0 Å². The molecule has 0 spiro atoms. The highest BCUT2D eigenvalue weighted by molar-refractivity contribution is 7.96. The Morgan fingerprint density at radius 3 is 2.54 bits per heavy atom. The second-order valence-corrected chi connectivity index (χ2v) is 4.03. The molecule has 1 aromatic carbocycles. The highest BCUT2D eigenvalue weighted by atomic mass is 32.4. The maximum atomic E-state index is 8.55. The van der Waals surface area contributed by atoms with Crippen LogP contribution in [0.2, 0.25) is 0 Å². The normalized spacial score (nSPS) is 12.0. The Hall–Kier alpha value is -0.970. The Kier molecular flexibility index (Phi) is 3.82. The van der Waals surface area contributed by atoms with Gasteiger partial charge in [-0.15, -0.1) is 0 Å². The number of hydrogen-bond donors (Lipinski definition) is 0. The molecule has 0 amide bonds. The van der Waals surface area contributed by atoms with Crippen LogP contribution in [0.25, 0.3) is 0 Å². The van der Waals surface area contributed by atoms with Gasteiger partial charge in [-0.2, -0.15) is 5.26 Å². The largest absolute Gasteiger partial charge is 0.481 e. The van der Waals surface area contributed by atoms with E-state index in [2.05, 4.69) is 0 Å². The van der Waals surface area contributed by atoms with Crippen LogP contribution in [0.4, 0.5) is 0 Å². The van der Waals surface area contributed by atoms with Crippen LogP contribution in [0.15, 0.2) is 24.3 Å². The Balaban J connectivity index is 2.70. The van der Waals surface area contributed by atoms with Gasteiger partial charge >= 0.3 is 0 Å². The van der Waals surface area contributed by atoms with Gasteiger partial charge in [0.05, 0.1) is 11.6 Å². The van der Waals surface area contributed by atoms with Crippen molar-refractivity contribution in [3.8, 4) is 11.8 Å². The molecule has 0 bridgehead atoms. The van der Waals surface area contributed by atoms with Gasteiger partial charge in [0.15, 0.2) is 0 Å². The molecule has 0 aliphatic heterocycles. The van der Waals surface area contributed by atoms with E-state index in [1.54, 1.807) is 24.3 Å². The molecule has 66 valence electrons. The van der Waals surface area contributed by atoms with Crippen LogP contribution in [0, 0.1) is 11.3 Å². The number of nitriles is 1. The first-order valence-electron chi connectivity index (χ1n) is 3.75. The van der Waals surface area contributed by atoms with Gasteiger partial charge in [-0.05, 0) is 31.2 Å². The third-order valence-electron chi connectivity index (χ3n) is 1.44. The lowest BCUT2D eigenvalue weighted by atomic mass is 10.2. The summed E-state index contributed by atoms with van der Waals surface area (Å²) in [5.74, 6) is 0.770. The number of rotatable bonds is 3. The van der Waals surface area contributed by atoms with Crippen molar-refractivity contribution in [2.45, 2.75) is 12.8 Å². The number of hydrogen-bond acceptors (Lipinski definition) is 3. The maximum Gasteiger partial charge on any atom is 0.147 e. The SMILES string of the molecule is CC(Oc1ccc(C#N)cc1)P=S. The monoisotopic (exact) mass is 209 g/mol. The molecule has 1 aromatic rings. The molecule has 4 heteroatoms. The van der Waals surface area contributed by atoms with Crippen molar-refractivity contribution in [2.24, 2.45) is 0 Å². The minimum Gasteiger partial charge on any atom is -0.481 e. The van der Waals surface area contributed by atoms with E-state index in [0.717, 1.165) is 13.1 Å². The summed E-state index contributed by atoms with van der Waals surface area (Å²) >= 11 is 4.82. The molecule has 13 heavy (non-hydrogen) atoms. The topological polar surface area (TPSA) is 33.0 Å². The van der Waals surface area contributed by atoms with Crippen LogP contribution in [0.1, 0.15) is 12.5 Å². The van der Waals surface area contributed by atoms with E-state index >= 15 is 0 Å². The highest BCUT2D eigenvalue weighted by Crippen LogP contribution is 2.17. The molecule has 1 atom stereocenters. The van der Waals surface area contributed by atoms with E-state index in [0.29, 0.717) is 5.56 Å². The molecule has 0 heterocycles. The molecule has 0 saturated carbocycles. The van der Waals surface area contributed by atoms with Crippen molar-refractivity contribution in [1.82, 2.24) is 0 Å². The van der Waals surface area contributed by atoms with Gasteiger partial charge in [-0.3, -0.25) is 0 Å². The van der Waals surface area contributed by atoms with Gasteiger partial charge < -0.3 is 4.74 Å². The average molecular weight is 209 g/mol. The summed E-state index contributed by atoms with van der Waals surface area (Å²) in [6, 6.07) is 9.04. The fourth-order valence-electron chi connectivity index (χ4n) is 0.826. The molecular weight excluding hydrogens is 201 g/mol. The molecule has 1 rings (SSSR count). The minimum atomic E-state index is 0.0166. The summed E-state index contributed by atoms with van der Waals surface area (Å²) in [4.78, 5) is 0. The predicted octanol–water partition coefficient (Wildman–Crippen LogP) is 2.69. The van der Waals surface area contributed by atoms with E-state index in [1.165, 1.54) is 0 Å². The van der Waals surface area contributed by atoms with Crippen LogP contribution in [-0.4, -0.2) is 5.85 Å². The Morgan fingerprint density at radius 2 is 2.08 bits per heavy atom. The van der Waals surface area contributed by atoms with Crippen molar-refractivity contribution in [3.05, 3.63) is 29.8 Å². The molecule has 0 radical (unpaired) electrons. The Morgan fingerprint density at radius 1 is 1.46 bits per heavy atom. The zero-order valence-electron chi connectivity index (χ0n) is 7.10. The van der Waals surface area contributed by atoms with Gasteiger partial charge in [-0.25, -0.2) is 0 Å². The lowest BCUT2D eigenvalue weighted by Crippen LogP contribution is -2.02. The van der Waals surface area contributed by atoms with Crippen LogP contribution >= 0.6 is 7.36 Å². The standard InChI is InChI=1S/C9H8NOPS/c1-7(12-13)11-9-4-2-8(6-10)3-5-9/h2-5,7H,1H3. The third-order valence-corrected chi connectivity index (χ3v) is 2.73. The fourth-order valence-corrected chi connectivity index (χ4v) is 1.12. The summed E-state index contributed by atoms with van der Waals surface area (Å²) in [6.07, 6.45) is 0. The quantitative estimate of drug-likeness (QED) is 0.717. The molecule has 0 saturated heterocycles. The molecule has 0 N–H and O–H groups in total. The summed E-state index contributed by atoms with van der Waals surface area (Å²) in [7, 11) is 0.788. The van der Waals surface area contributed by atoms with E-state index in [9.17, 15) is 0 Å². The fraction of sp³-hybridized carbons (Fsp3) is 0.222. The third kappa shape index (κ3) is 3.10. The predicted molar refractivity (Wildman–Crippen MR) is 55.5 cm³/mol. The van der Waals surface area contributed by atoms with Crippen LogP contribution in [0.3, 0.4) is 0 Å². The van der Waals surface area contributed by atoms with Crippen molar-refractivity contribution in [1.29, 1.82) is 5.26 Å². The lowest BCUT2D eigenvalue weighted by molar-refractivity contribution is 0.307. The first-order valence-corrected chi connectivity index (χ1v) is 5.73. The highest BCUT2D eigenvalue weighted by Gasteiger charge is 1.99. The molecule has 1 unspecified atom stereocenters. The van der Waals surface area contributed by atoms with Crippen LogP contribution in [-0.2, 0) is 11.8 Å². The van der Waals surface area contributed by atoms with Crippen LogP contribution < -0.4 is 4.74 Å². The summed E-state index contributed by atoms with van der Waals surface area (Å²) < 4.78 is 5.44. The molecule has 0 aromatic heterocycles.